The molecule has 0 aliphatic rings. The average Bonchev–Trinajstić information content (AvgIpc) is 2.16. The zero-order valence-electron chi connectivity index (χ0n) is 7.63. The van der Waals surface area contributed by atoms with Crippen molar-refractivity contribution in [2.45, 2.75) is 22.5 Å². The van der Waals surface area contributed by atoms with Gasteiger partial charge in [0.05, 0.1) is 5.38 Å². The fourth-order valence-electron chi connectivity index (χ4n) is 1.18. The predicted octanol–water partition coefficient (Wildman–Crippen LogP) is 3.68. The molecule has 0 aliphatic heterocycles. The summed E-state index contributed by atoms with van der Waals surface area (Å²) in [5.74, 6) is -0.0771. The number of carbonyl (C=O) groups is 1. The van der Waals surface area contributed by atoms with Crippen LogP contribution >= 0.6 is 40.2 Å². The minimum Gasteiger partial charge on any atom is -0.292 e. The van der Waals surface area contributed by atoms with Crippen molar-refractivity contribution in [2.75, 3.05) is 0 Å². The number of benzene rings is 1. The summed E-state index contributed by atoms with van der Waals surface area (Å²) >= 11 is 13.4. The molecule has 1 aromatic rings. The van der Waals surface area contributed by atoms with Crippen LogP contribution in [0.5, 0.6) is 0 Å². The van der Waals surface area contributed by atoms with Gasteiger partial charge >= 0.3 is 0 Å². The summed E-state index contributed by atoms with van der Waals surface area (Å²) < 4.78 is 0. The van der Waals surface area contributed by atoms with Crippen molar-refractivity contribution >= 4 is 45.9 Å². The smallest absolute Gasteiger partial charge is 0.181 e. The van der Waals surface area contributed by atoms with Gasteiger partial charge in [0.15, 0.2) is 5.78 Å². The van der Waals surface area contributed by atoms with E-state index in [2.05, 4.69) is 28.6 Å². The summed E-state index contributed by atoms with van der Waals surface area (Å²) in [7, 11) is 0. The highest BCUT2D eigenvalue weighted by Gasteiger charge is 2.18. The molecule has 0 aromatic heterocycles. The Morgan fingerprint density at radius 1 is 1.64 bits per heavy atom. The van der Waals surface area contributed by atoms with Crippen LogP contribution in [0.3, 0.4) is 0 Å². The summed E-state index contributed by atoms with van der Waals surface area (Å²) in [6, 6.07) is 5.55. The van der Waals surface area contributed by atoms with E-state index >= 15 is 0 Å². The Bertz CT molecular complexity index is 352. The predicted molar refractivity (Wildman–Crippen MR) is 66.0 cm³/mol. The van der Waals surface area contributed by atoms with Gasteiger partial charge in [-0.2, -0.15) is 0 Å². The van der Waals surface area contributed by atoms with Crippen LogP contribution in [0.15, 0.2) is 23.1 Å². The highest BCUT2D eigenvalue weighted by atomic mass is 79.9. The van der Waals surface area contributed by atoms with Gasteiger partial charge in [-0.1, -0.05) is 28.1 Å². The topological polar surface area (TPSA) is 17.1 Å². The Kier molecular flexibility index (Phi) is 4.48. The lowest BCUT2D eigenvalue weighted by molar-refractivity contribution is 0.0988. The van der Waals surface area contributed by atoms with Crippen LogP contribution in [0.2, 0.25) is 0 Å². The van der Waals surface area contributed by atoms with Gasteiger partial charge < -0.3 is 0 Å². The van der Waals surface area contributed by atoms with Gasteiger partial charge in [0, 0.05) is 15.8 Å². The molecule has 0 amide bonds. The van der Waals surface area contributed by atoms with Crippen LogP contribution in [0, 0.1) is 0 Å². The van der Waals surface area contributed by atoms with Crippen LogP contribution in [-0.4, -0.2) is 11.2 Å². The minimum absolute atomic E-state index is 0.0771. The third kappa shape index (κ3) is 2.53. The van der Waals surface area contributed by atoms with Crippen LogP contribution in [-0.2, 0) is 5.33 Å². The Balaban J connectivity index is 3.23. The largest absolute Gasteiger partial charge is 0.292 e. The summed E-state index contributed by atoms with van der Waals surface area (Å²) in [6.45, 7) is 1.67. The quantitative estimate of drug-likeness (QED) is 0.511. The van der Waals surface area contributed by atoms with Crippen molar-refractivity contribution < 1.29 is 4.79 Å². The van der Waals surface area contributed by atoms with Gasteiger partial charge in [-0.3, -0.25) is 4.79 Å². The summed E-state index contributed by atoms with van der Waals surface area (Å²) in [6.07, 6.45) is 0. The van der Waals surface area contributed by atoms with E-state index in [1.54, 1.807) is 13.0 Å². The molecule has 1 rings (SSSR count). The van der Waals surface area contributed by atoms with Crippen LogP contribution < -0.4 is 0 Å². The van der Waals surface area contributed by atoms with Gasteiger partial charge in [-0.15, -0.1) is 24.2 Å². The number of Topliss-reactive ketones (excluding diaryl/α,β-unsaturated/α-hetero) is 1. The zero-order chi connectivity index (χ0) is 10.7. The van der Waals surface area contributed by atoms with E-state index in [1.165, 1.54) is 0 Å². The molecular formula is C10H10BrClOS. The number of rotatable bonds is 3. The van der Waals surface area contributed by atoms with E-state index in [4.69, 9.17) is 11.6 Å². The lowest BCUT2D eigenvalue weighted by atomic mass is 10.0. The van der Waals surface area contributed by atoms with Gasteiger partial charge in [-0.05, 0) is 18.6 Å². The van der Waals surface area contributed by atoms with Crippen molar-refractivity contribution in [2.24, 2.45) is 0 Å². The number of ketones is 1. The van der Waals surface area contributed by atoms with Gasteiger partial charge in [0.2, 0.25) is 0 Å². The van der Waals surface area contributed by atoms with Crippen molar-refractivity contribution in [3.8, 4) is 0 Å². The first-order valence-corrected chi connectivity index (χ1v) is 6.13. The second-order valence-electron chi connectivity index (χ2n) is 2.93. The molecule has 0 N–H and O–H groups in total. The van der Waals surface area contributed by atoms with Crippen LogP contribution in [0.25, 0.3) is 0 Å². The second kappa shape index (κ2) is 5.19. The number of hydrogen-bond donors (Lipinski definition) is 1. The molecule has 0 spiro atoms. The monoisotopic (exact) mass is 292 g/mol. The van der Waals surface area contributed by atoms with E-state index in [9.17, 15) is 4.79 Å². The van der Waals surface area contributed by atoms with Crippen molar-refractivity contribution in [3.05, 3.63) is 29.3 Å². The highest BCUT2D eigenvalue weighted by Crippen LogP contribution is 2.23. The Hall–Kier alpha value is 0.01000. The normalized spacial score (nSPS) is 12.6. The second-order valence-corrected chi connectivity index (χ2v) is 4.62. The molecule has 0 radical (unpaired) electrons. The number of halogens is 2. The minimum atomic E-state index is -0.513. The first kappa shape index (κ1) is 12.1. The first-order chi connectivity index (χ1) is 6.57. The fourth-order valence-corrected chi connectivity index (χ4v) is 2.10. The molecule has 4 heteroatoms. The molecule has 14 heavy (non-hydrogen) atoms. The molecule has 0 saturated carbocycles. The molecule has 0 aliphatic carbocycles. The van der Waals surface area contributed by atoms with E-state index in [0.29, 0.717) is 15.8 Å². The van der Waals surface area contributed by atoms with Crippen molar-refractivity contribution in [3.63, 3.8) is 0 Å². The third-order valence-corrected chi connectivity index (χ3v) is 3.06. The molecule has 1 nitrogen and oxygen atoms in total. The standard InChI is InChI=1S/C10H10BrClOS/c1-6(12)10(13)9-7(5-11)3-2-4-8(9)14/h2-4,6,14H,5H2,1H3. The molecule has 1 atom stereocenters. The summed E-state index contributed by atoms with van der Waals surface area (Å²) in [4.78, 5) is 12.4. The maximum Gasteiger partial charge on any atom is 0.181 e. The van der Waals surface area contributed by atoms with E-state index < -0.39 is 5.38 Å². The molecular weight excluding hydrogens is 284 g/mol. The molecule has 76 valence electrons. The van der Waals surface area contributed by atoms with Crippen LogP contribution in [0.1, 0.15) is 22.8 Å². The Morgan fingerprint density at radius 2 is 2.29 bits per heavy atom. The lowest BCUT2D eigenvalue weighted by Crippen LogP contribution is -2.13. The maximum atomic E-state index is 11.7. The Morgan fingerprint density at radius 3 is 2.79 bits per heavy atom. The lowest BCUT2D eigenvalue weighted by Gasteiger charge is -2.10. The zero-order valence-corrected chi connectivity index (χ0v) is 10.9. The molecule has 0 bridgehead atoms. The van der Waals surface area contributed by atoms with Crippen molar-refractivity contribution in [1.82, 2.24) is 0 Å². The fraction of sp³-hybridized carbons (Fsp3) is 0.300. The number of alkyl halides is 2. The number of carbonyl (C=O) groups excluding carboxylic acids is 1. The van der Waals surface area contributed by atoms with Gasteiger partial charge in [0.1, 0.15) is 0 Å². The number of thiol groups is 1. The average molecular weight is 294 g/mol. The van der Waals surface area contributed by atoms with Crippen molar-refractivity contribution in [1.29, 1.82) is 0 Å². The first-order valence-electron chi connectivity index (χ1n) is 4.13. The van der Waals surface area contributed by atoms with E-state index in [0.717, 1.165) is 5.56 Å². The third-order valence-electron chi connectivity index (χ3n) is 1.88. The highest BCUT2D eigenvalue weighted by molar-refractivity contribution is 9.08. The maximum absolute atomic E-state index is 11.7. The molecule has 1 unspecified atom stereocenters. The van der Waals surface area contributed by atoms with Crippen LogP contribution in [0.4, 0.5) is 0 Å². The van der Waals surface area contributed by atoms with E-state index in [1.807, 2.05) is 12.1 Å². The SMILES string of the molecule is CC(Cl)C(=O)c1c(S)cccc1CBr. The molecule has 0 heterocycles. The Labute approximate surface area is 102 Å². The number of hydrogen-bond acceptors (Lipinski definition) is 2. The summed E-state index contributed by atoms with van der Waals surface area (Å²) in [5, 5.41) is 0.118. The summed E-state index contributed by atoms with van der Waals surface area (Å²) in [5.41, 5.74) is 1.55. The molecule has 0 saturated heterocycles. The van der Waals surface area contributed by atoms with Gasteiger partial charge in [0.25, 0.3) is 0 Å². The van der Waals surface area contributed by atoms with E-state index in [-0.39, 0.29) is 5.78 Å². The molecule has 1 aromatic carbocycles. The molecule has 0 fully saturated rings. The van der Waals surface area contributed by atoms with Gasteiger partial charge in [-0.25, -0.2) is 0 Å².